The summed E-state index contributed by atoms with van der Waals surface area (Å²) in [6, 6.07) is 10.2. The molecule has 0 aliphatic carbocycles. The molecule has 0 saturated carbocycles. The van der Waals surface area contributed by atoms with Crippen molar-refractivity contribution in [3.05, 3.63) is 93.2 Å². The fraction of sp³-hybridized carbons (Fsp3) is 0.292. The van der Waals surface area contributed by atoms with Crippen molar-refractivity contribution in [2.24, 2.45) is 0 Å². The van der Waals surface area contributed by atoms with Crippen LogP contribution >= 0.6 is 0 Å². The van der Waals surface area contributed by atoms with Gasteiger partial charge in [0.15, 0.2) is 0 Å². The molecule has 1 aromatic carbocycles. The van der Waals surface area contributed by atoms with Gasteiger partial charge in [-0.3, -0.25) is 19.4 Å². The minimum absolute atomic E-state index is 0.134. The van der Waals surface area contributed by atoms with Crippen molar-refractivity contribution >= 4 is 11.8 Å². The van der Waals surface area contributed by atoms with E-state index in [1.807, 2.05) is 0 Å². The van der Waals surface area contributed by atoms with Crippen LogP contribution in [-0.4, -0.2) is 49.7 Å². The van der Waals surface area contributed by atoms with Crippen LogP contribution in [0.4, 0.5) is 4.39 Å². The zero-order valence-corrected chi connectivity index (χ0v) is 17.8. The van der Waals surface area contributed by atoms with Gasteiger partial charge in [0.05, 0.1) is 23.8 Å². The molecule has 2 aliphatic heterocycles. The van der Waals surface area contributed by atoms with E-state index in [2.05, 4.69) is 9.97 Å². The Bertz CT molecular complexity index is 1260. The number of likely N-dealkylation sites (tertiary alicyclic amines) is 1. The average molecular weight is 447 g/mol. The maximum absolute atomic E-state index is 13.2. The quantitative estimate of drug-likeness (QED) is 0.665. The van der Waals surface area contributed by atoms with Crippen LogP contribution in [0.15, 0.2) is 53.5 Å². The lowest BCUT2D eigenvalue weighted by Crippen LogP contribution is -2.40. The number of pyridine rings is 1. The Balaban J connectivity index is 1.38. The molecule has 0 spiro atoms. The first-order valence-corrected chi connectivity index (χ1v) is 10.9. The molecule has 33 heavy (non-hydrogen) atoms. The number of aromatic nitrogens is 3. The summed E-state index contributed by atoms with van der Waals surface area (Å²) in [6.45, 7) is 1.11. The molecule has 2 aromatic heterocycles. The van der Waals surface area contributed by atoms with Crippen LogP contribution in [0.5, 0.6) is 0 Å². The maximum Gasteiger partial charge on any atom is 0.273 e. The van der Waals surface area contributed by atoms with E-state index in [-0.39, 0.29) is 30.0 Å². The molecule has 2 aliphatic rings. The summed E-state index contributed by atoms with van der Waals surface area (Å²) in [4.78, 5) is 53.7. The summed E-state index contributed by atoms with van der Waals surface area (Å²) >= 11 is 0. The molecule has 4 heterocycles. The van der Waals surface area contributed by atoms with Crippen LogP contribution < -0.4 is 5.56 Å². The van der Waals surface area contributed by atoms with Gasteiger partial charge in [-0.15, -0.1) is 0 Å². The lowest BCUT2D eigenvalue weighted by atomic mass is 10.0. The highest BCUT2D eigenvalue weighted by Crippen LogP contribution is 2.31. The van der Waals surface area contributed by atoms with Gasteiger partial charge in [0.25, 0.3) is 17.4 Å². The molecule has 1 fully saturated rings. The fourth-order valence-electron chi connectivity index (χ4n) is 4.48. The van der Waals surface area contributed by atoms with E-state index in [0.29, 0.717) is 54.3 Å². The summed E-state index contributed by atoms with van der Waals surface area (Å²) in [5.74, 6) is -0.383. The topological polar surface area (TPSA) is 99.3 Å². The Morgan fingerprint density at radius 1 is 1.06 bits per heavy atom. The Morgan fingerprint density at radius 3 is 2.64 bits per heavy atom. The summed E-state index contributed by atoms with van der Waals surface area (Å²) < 4.78 is 13.2. The van der Waals surface area contributed by atoms with Crippen LogP contribution in [0.1, 0.15) is 56.8 Å². The SMILES string of the molecule is O=C(c1ccc(F)cc1)N1CCc2nc([C@@H]3CCCN3C(=O)c3ccccn3)[nH]c(=O)c2C1. The third kappa shape index (κ3) is 4.02. The van der Waals surface area contributed by atoms with Gasteiger partial charge in [-0.2, -0.15) is 0 Å². The number of fused-ring (bicyclic) bond motifs is 1. The van der Waals surface area contributed by atoms with E-state index in [9.17, 15) is 18.8 Å². The Hall–Kier alpha value is -3.88. The third-order valence-corrected chi connectivity index (χ3v) is 6.18. The van der Waals surface area contributed by atoms with Gasteiger partial charge >= 0.3 is 0 Å². The maximum atomic E-state index is 13.2. The first-order valence-electron chi connectivity index (χ1n) is 10.9. The van der Waals surface area contributed by atoms with E-state index in [0.717, 1.165) is 6.42 Å². The molecule has 9 heteroatoms. The van der Waals surface area contributed by atoms with Gasteiger partial charge in [0.1, 0.15) is 17.3 Å². The number of hydrogen-bond acceptors (Lipinski definition) is 5. The summed E-state index contributed by atoms with van der Waals surface area (Å²) in [7, 11) is 0. The average Bonchev–Trinajstić information content (AvgIpc) is 3.34. The van der Waals surface area contributed by atoms with Gasteiger partial charge < -0.3 is 14.8 Å². The number of rotatable bonds is 3. The van der Waals surface area contributed by atoms with Crippen LogP contribution in [0.25, 0.3) is 0 Å². The van der Waals surface area contributed by atoms with E-state index in [4.69, 9.17) is 4.98 Å². The summed E-state index contributed by atoms with van der Waals surface area (Å²) in [5.41, 5.74) is 1.52. The molecule has 1 saturated heterocycles. The smallest absolute Gasteiger partial charge is 0.273 e. The fourth-order valence-corrected chi connectivity index (χ4v) is 4.48. The normalized spacial score (nSPS) is 17.7. The zero-order valence-electron chi connectivity index (χ0n) is 17.8. The monoisotopic (exact) mass is 447 g/mol. The largest absolute Gasteiger partial charge is 0.334 e. The highest BCUT2D eigenvalue weighted by Gasteiger charge is 2.34. The number of benzene rings is 1. The molecule has 2 amide bonds. The van der Waals surface area contributed by atoms with Crippen molar-refractivity contribution < 1.29 is 14.0 Å². The molecule has 5 rings (SSSR count). The third-order valence-electron chi connectivity index (χ3n) is 6.18. The molecule has 168 valence electrons. The van der Waals surface area contributed by atoms with Gasteiger partial charge in [0.2, 0.25) is 0 Å². The van der Waals surface area contributed by atoms with Gasteiger partial charge in [-0.25, -0.2) is 9.37 Å². The standard InChI is InChI=1S/C24H22FN5O3/c25-16-8-6-15(7-9-16)23(32)29-13-10-18-17(14-29)22(31)28-21(27-18)20-5-3-12-30(20)24(33)19-4-1-2-11-26-19/h1-2,4,6-9,11,20H,3,5,10,12-14H2,(H,27,28,31)/t20-/m0/s1. The zero-order chi connectivity index (χ0) is 22.9. The highest BCUT2D eigenvalue weighted by atomic mass is 19.1. The van der Waals surface area contributed by atoms with Crippen molar-refractivity contribution in [2.75, 3.05) is 13.1 Å². The second-order valence-electron chi connectivity index (χ2n) is 8.23. The number of nitrogens with one attached hydrogen (secondary N) is 1. The van der Waals surface area contributed by atoms with Crippen molar-refractivity contribution in [2.45, 2.75) is 31.8 Å². The molecular formula is C24H22FN5O3. The predicted molar refractivity (Wildman–Crippen MR) is 117 cm³/mol. The molecule has 3 aromatic rings. The molecule has 1 atom stereocenters. The summed E-state index contributed by atoms with van der Waals surface area (Å²) in [6.07, 6.45) is 3.52. The number of H-pyrrole nitrogens is 1. The van der Waals surface area contributed by atoms with E-state index in [1.54, 1.807) is 34.2 Å². The van der Waals surface area contributed by atoms with E-state index < -0.39 is 5.82 Å². The first kappa shape index (κ1) is 21.0. The first-order chi connectivity index (χ1) is 16.0. The number of amides is 2. The lowest BCUT2D eigenvalue weighted by molar-refractivity contribution is 0.0713. The van der Waals surface area contributed by atoms with E-state index in [1.165, 1.54) is 24.3 Å². The number of hydrogen-bond donors (Lipinski definition) is 1. The van der Waals surface area contributed by atoms with Gasteiger partial charge in [-0.05, 0) is 49.2 Å². The number of nitrogens with zero attached hydrogens (tertiary/aromatic N) is 4. The van der Waals surface area contributed by atoms with Crippen LogP contribution in [-0.2, 0) is 13.0 Å². The number of carbonyl (C=O) groups is 2. The van der Waals surface area contributed by atoms with Crippen LogP contribution in [0, 0.1) is 5.82 Å². The van der Waals surface area contributed by atoms with Crippen LogP contribution in [0.2, 0.25) is 0 Å². The van der Waals surface area contributed by atoms with Crippen LogP contribution in [0.3, 0.4) is 0 Å². The van der Waals surface area contributed by atoms with Crippen molar-refractivity contribution in [3.8, 4) is 0 Å². The highest BCUT2D eigenvalue weighted by molar-refractivity contribution is 5.94. The minimum Gasteiger partial charge on any atom is -0.334 e. The number of halogens is 1. The molecule has 1 N–H and O–H groups in total. The Labute approximate surface area is 189 Å². The number of carbonyl (C=O) groups excluding carboxylic acids is 2. The predicted octanol–water partition coefficient (Wildman–Crippen LogP) is 2.48. The van der Waals surface area contributed by atoms with E-state index >= 15 is 0 Å². The lowest BCUT2D eigenvalue weighted by Gasteiger charge is -2.29. The van der Waals surface area contributed by atoms with Gasteiger partial charge in [0, 0.05) is 31.3 Å². The molecular weight excluding hydrogens is 425 g/mol. The molecule has 0 bridgehead atoms. The second kappa shape index (κ2) is 8.57. The Morgan fingerprint density at radius 2 is 1.88 bits per heavy atom. The molecule has 0 unspecified atom stereocenters. The Kier molecular flexibility index (Phi) is 5.45. The molecule has 0 radical (unpaired) electrons. The minimum atomic E-state index is -0.411. The number of aromatic amines is 1. The molecule has 8 nitrogen and oxygen atoms in total. The van der Waals surface area contributed by atoms with Crippen molar-refractivity contribution in [1.82, 2.24) is 24.8 Å². The van der Waals surface area contributed by atoms with Crippen molar-refractivity contribution in [3.63, 3.8) is 0 Å². The summed E-state index contributed by atoms with van der Waals surface area (Å²) in [5, 5.41) is 0. The second-order valence-corrected chi connectivity index (χ2v) is 8.23. The van der Waals surface area contributed by atoms with Crippen molar-refractivity contribution in [1.29, 1.82) is 0 Å². The van der Waals surface area contributed by atoms with Gasteiger partial charge in [-0.1, -0.05) is 6.07 Å².